The largest absolute Gasteiger partial charge is 0.462 e. The zero-order valence-corrected chi connectivity index (χ0v) is 19.9. The Morgan fingerprint density at radius 3 is 2.36 bits per heavy atom. The Morgan fingerprint density at radius 2 is 1.73 bits per heavy atom. The number of nitrogens with zero attached hydrogens (tertiary/aromatic N) is 4. The van der Waals surface area contributed by atoms with E-state index in [-0.39, 0.29) is 17.7 Å². The van der Waals surface area contributed by atoms with Gasteiger partial charge in [0.25, 0.3) is 5.56 Å². The maximum absolute atomic E-state index is 13.9. The van der Waals surface area contributed by atoms with Crippen LogP contribution in [0.25, 0.3) is 10.9 Å². The summed E-state index contributed by atoms with van der Waals surface area (Å²) in [6.45, 7) is 5.59. The fourth-order valence-electron chi connectivity index (χ4n) is 4.37. The summed E-state index contributed by atoms with van der Waals surface area (Å²) >= 11 is 0. The fourth-order valence-corrected chi connectivity index (χ4v) is 4.37. The van der Waals surface area contributed by atoms with Crippen LogP contribution in [0, 0.1) is 0 Å². The van der Waals surface area contributed by atoms with E-state index in [4.69, 9.17) is 4.74 Å². The van der Waals surface area contributed by atoms with E-state index in [1.54, 1.807) is 11.5 Å². The lowest BCUT2D eigenvalue weighted by atomic mass is 10.0. The Hall–Kier alpha value is -3.32. The summed E-state index contributed by atoms with van der Waals surface area (Å²) in [4.78, 5) is 33.5. The highest BCUT2D eigenvalue weighted by atomic mass is 16.5. The third-order valence-corrected chi connectivity index (χ3v) is 6.22. The molecule has 1 aliphatic rings. The van der Waals surface area contributed by atoms with E-state index in [2.05, 4.69) is 16.8 Å². The molecule has 174 valence electrons. The summed E-state index contributed by atoms with van der Waals surface area (Å²) in [5.74, 6) is -0.558. The van der Waals surface area contributed by atoms with Crippen molar-refractivity contribution in [3.8, 4) is 0 Å². The molecule has 0 bridgehead atoms. The van der Waals surface area contributed by atoms with Crippen LogP contribution >= 0.6 is 0 Å². The molecule has 1 aromatic heterocycles. The first-order valence-electron chi connectivity index (χ1n) is 11.4. The van der Waals surface area contributed by atoms with E-state index in [9.17, 15) is 9.59 Å². The molecular formula is C26H32N4O3. The first-order chi connectivity index (χ1) is 15.9. The first kappa shape index (κ1) is 22.9. The number of fused-ring (bicyclic) bond motifs is 1. The number of carbonyl (C=O) groups excluding carboxylic acids is 1. The molecule has 7 nitrogen and oxygen atoms in total. The van der Waals surface area contributed by atoms with Crippen LogP contribution in [0.4, 0.5) is 11.4 Å². The van der Waals surface area contributed by atoms with Crippen LogP contribution < -0.4 is 15.4 Å². The van der Waals surface area contributed by atoms with E-state index in [1.165, 1.54) is 0 Å². The third kappa shape index (κ3) is 4.59. The van der Waals surface area contributed by atoms with Gasteiger partial charge in [-0.15, -0.1) is 0 Å². The molecule has 1 aliphatic heterocycles. The first-order valence-corrected chi connectivity index (χ1v) is 11.4. The molecule has 1 fully saturated rings. The normalized spacial score (nSPS) is 14.5. The summed E-state index contributed by atoms with van der Waals surface area (Å²) in [6.07, 6.45) is 0. The lowest BCUT2D eigenvalue weighted by molar-refractivity contribution is 0.0524. The predicted octanol–water partition coefficient (Wildman–Crippen LogP) is 3.04. The monoisotopic (exact) mass is 448 g/mol. The van der Waals surface area contributed by atoms with Crippen molar-refractivity contribution in [1.82, 2.24) is 9.47 Å². The summed E-state index contributed by atoms with van der Waals surface area (Å²) in [7, 11) is 6.05. The number of likely N-dealkylation sites (N-methyl/N-ethyl adjacent to an activating group) is 1. The summed E-state index contributed by atoms with van der Waals surface area (Å²) in [5.41, 5.74) is 3.32. The Balaban J connectivity index is 2.01. The molecule has 3 aromatic rings. The number of ether oxygens (including phenoxy) is 1. The summed E-state index contributed by atoms with van der Waals surface area (Å²) < 4.78 is 7.09. The van der Waals surface area contributed by atoms with Gasteiger partial charge in [-0.1, -0.05) is 30.3 Å². The number of piperazine rings is 1. The molecule has 7 heteroatoms. The van der Waals surface area contributed by atoms with Crippen molar-refractivity contribution < 1.29 is 9.53 Å². The van der Waals surface area contributed by atoms with Crippen molar-refractivity contribution in [3.05, 3.63) is 70.0 Å². The lowest BCUT2D eigenvalue weighted by Gasteiger charge is -2.35. The zero-order chi connectivity index (χ0) is 23.5. The molecule has 0 saturated carbocycles. The molecule has 1 saturated heterocycles. The smallest absolute Gasteiger partial charge is 0.345 e. The van der Waals surface area contributed by atoms with Crippen molar-refractivity contribution in [3.63, 3.8) is 0 Å². The molecule has 0 amide bonds. The van der Waals surface area contributed by atoms with Crippen molar-refractivity contribution in [2.24, 2.45) is 0 Å². The van der Waals surface area contributed by atoms with E-state index in [1.807, 2.05) is 67.5 Å². The molecule has 0 aliphatic carbocycles. The number of esters is 1. The molecule has 0 radical (unpaired) electrons. The second-order valence-corrected chi connectivity index (χ2v) is 8.71. The SMILES string of the molecule is CCOC(=O)c1c(N2CCN(C)CC2)c2ccc(N(C)C)cc2n(Cc2ccccc2)c1=O. The van der Waals surface area contributed by atoms with E-state index < -0.39 is 5.97 Å². The number of anilines is 2. The minimum atomic E-state index is -0.558. The molecular weight excluding hydrogens is 416 g/mol. The summed E-state index contributed by atoms with van der Waals surface area (Å²) in [5, 5.41) is 0.892. The van der Waals surface area contributed by atoms with Gasteiger partial charge in [-0.2, -0.15) is 0 Å². The minimum Gasteiger partial charge on any atom is -0.462 e. The van der Waals surface area contributed by atoms with Crippen LogP contribution in [0.2, 0.25) is 0 Å². The topological polar surface area (TPSA) is 58.0 Å². The highest BCUT2D eigenvalue weighted by molar-refractivity contribution is 6.06. The van der Waals surface area contributed by atoms with Gasteiger partial charge in [-0.25, -0.2) is 4.79 Å². The van der Waals surface area contributed by atoms with E-state index >= 15 is 0 Å². The molecule has 4 rings (SSSR count). The standard InChI is InChI=1S/C26H32N4O3/c1-5-33-26(32)23-24(29-15-13-28(4)14-16-29)21-12-11-20(27(2)3)17-22(21)30(25(23)31)18-19-9-7-6-8-10-19/h6-12,17H,5,13-16,18H2,1-4H3. The van der Waals surface area contributed by atoms with Gasteiger partial charge in [0.2, 0.25) is 0 Å². The number of hydrogen-bond donors (Lipinski definition) is 0. The van der Waals surface area contributed by atoms with Gasteiger partial charge in [-0.05, 0) is 37.7 Å². The highest BCUT2D eigenvalue weighted by Crippen LogP contribution is 2.33. The Morgan fingerprint density at radius 1 is 1.03 bits per heavy atom. The van der Waals surface area contributed by atoms with Gasteiger partial charge < -0.3 is 24.0 Å². The van der Waals surface area contributed by atoms with Gasteiger partial charge in [0, 0.05) is 51.3 Å². The average molecular weight is 449 g/mol. The maximum atomic E-state index is 13.9. The Kier molecular flexibility index (Phi) is 6.70. The second kappa shape index (κ2) is 9.67. The Labute approximate surface area is 194 Å². The molecule has 2 aromatic carbocycles. The molecule has 0 N–H and O–H groups in total. The van der Waals surface area contributed by atoms with Gasteiger partial charge in [0.05, 0.1) is 24.4 Å². The number of hydrogen-bond acceptors (Lipinski definition) is 6. The highest BCUT2D eigenvalue weighted by Gasteiger charge is 2.28. The number of benzene rings is 2. The molecule has 33 heavy (non-hydrogen) atoms. The second-order valence-electron chi connectivity index (χ2n) is 8.71. The number of rotatable bonds is 6. The quantitative estimate of drug-likeness (QED) is 0.541. The third-order valence-electron chi connectivity index (χ3n) is 6.22. The van der Waals surface area contributed by atoms with Crippen LogP contribution in [0.15, 0.2) is 53.3 Å². The van der Waals surface area contributed by atoms with Crippen molar-refractivity contribution in [2.75, 3.05) is 63.7 Å². The van der Waals surface area contributed by atoms with E-state index in [0.29, 0.717) is 12.2 Å². The lowest BCUT2D eigenvalue weighted by Crippen LogP contribution is -2.46. The van der Waals surface area contributed by atoms with Gasteiger partial charge in [-0.3, -0.25) is 4.79 Å². The fraction of sp³-hybridized carbons (Fsp3) is 0.385. The molecule has 0 unspecified atom stereocenters. The van der Waals surface area contributed by atoms with Gasteiger partial charge >= 0.3 is 5.97 Å². The van der Waals surface area contributed by atoms with Crippen molar-refractivity contribution >= 4 is 28.2 Å². The predicted molar refractivity (Wildman–Crippen MR) is 134 cm³/mol. The Bertz CT molecular complexity index is 1200. The molecule has 0 spiro atoms. The molecule has 0 atom stereocenters. The average Bonchev–Trinajstić information content (AvgIpc) is 2.81. The number of carbonyl (C=O) groups is 1. The maximum Gasteiger partial charge on any atom is 0.345 e. The minimum absolute atomic E-state index is 0.127. The van der Waals surface area contributed by atoms with Crippen LogP contribution in [-0.4, -0.2) is 69.4 Å². The van der Waals surface area contributed by atoms with Crippen LogP contribution in [0.1, 0.15) is 22.8 Å². The van der Waals surface area contributed by atoms with E-state index in [0.717, 1.165) is 48.3 Å². The summed E-state index contributed by atoms with van der Waals surface area (Å²) in [6, 6.07) is 16.0. The van der Waals surface area contributed by atoms with Crippen molar-refractivity contribution in [1.29, 1.82) is 0 Å². The zero-order valence-electron chi connectivity index (χ0n) is 19.9. The van der Waals surface area contributed by atoms with Crippen molar-refractivity contribution in [2.45, 2.75) is 13.5 Å². The number of aromatic nitrogens is 1. The van der Waals surface area contributed by atoms with Crippen LogP contribution in [0.3, 0.4) is 0 Å². The van der Waals surface area contributed by atoms with Crippen LogP contribution in [-0.2, 0) is 11.3 Å². The molecule has 2 heterocycles. The number of pyridine rings is 1. The van der Waals surface area contributed by atoms with Gasteiger partial charge in [0.15, 0.2) is 0 Å². The van der Waals surface area contributed by atoms with Gasteiger partial charge in [0.1, 0.15) is 5.56 Å². The van der Waals surface area contributed by atoms with Crippen LogP contribution in [0.5, 0.6) is 0 Å².